The molecule has 2 aromatic carbocycles. The van der Waals surface area contributed by atoms with Gasteiger partial charge in [0.25, 0.3) is 5.91 Å². The number of quaternary nitrogens is 1. The number of hydrogen-bond acceptors (Lipinski definition) is 3. The Balaban J connectivity index is 1.85. The molecule has 3 aliphatic heterocycles. The van der Waals surface area contributed by atoms with Crippen LogP contribution in [0, 0.1) is 0 Å². The maximum atomic E-state index is 12.8. The predicted octanol–water partition coefficient (Wildman–Crippen LogP) is 1.51. The standard InChI is InChI=1S/C17H15N3O2/c21-16-15-13-8-11(9-18-13)20(15,17(22)19-16)14-7-3-5-10-4-1-2-6-12(10)14/h1-7,11,13,15,18H,8-9H2/p+1. The second-order valence-corrected chi connectivity index (χ2v) is 6.42. The zero-order valence-corrected chi connectivity index (χ0v) is 12.0. The Morgan fingerprint density at radius 3 is 2.77 bits per heavy atom. The van der Waals surface area contributed by atoms with Crippen LogP contribution in [0.5, 0.6) is 0 Å². The van der Waals surface area contributed by atoms with Gasteiger partial charge < -0.3 is 5.32 Å². The number of imide groups is 1. The Hall–Kier alpha value is -2.24. The minimum atomic E-state index is -0.336. The highest BCUT2D eigenvalue weighted by Gasteiger charge is 2.71. The fourth-order valence-electron chi connectivity index (χ4n) is 4.73. The molecule has 2 N–H and O–H groups in total. The highest BCUT2D eigenvalue weighted by atomic mass is 16.2. The van der Waals surface area contributed by atoms with Crippen LogP contribution in [-0.4, -0.2) is 36.6 Å². The Kier molecular flexibility index (Phi) is 2.21. The molecule has 0 aliphatic carbocycles. The lowest BCUT2D eigenvalue weighted by Crippen LogP contribution is -2.66. The second-order valence-electron chi connectivity index (χ2n) is 6.42. The largest absolute Gasteiger partial charge is 0.429 e. The van der Waals surface area contributed by atoms with Crippen molar-refractivity contribution in [1.29, 1.82) is 0 Å². The fourth-order valence-corrected chi connectivity index (χ4v) is 4.73. The van der Waals surface area contributed by atoms with Gasteiger partial charge in [0, 0.05) is 24.4 Å². The van der Waals surface area contributed by atoms with Crippen molar-refractivity contribution < 1.29 is 9.59 Å². The van der Waals surface area contributed by atoms with Crippen molar-refractivity contribution in [3.63, 3.8) is 0 Å². The van der Waals surface area contributed by atoms with Gasteiger partial charge in [0.1, 0.15) is 6.04 Å². The zero-order chi connectivity index (χ0) is 14.9. The molecule has 0 aromatic heterocycles. The van der Waals surface area contributed by atoms with Crippen molar-refractivity contribution in [3.8, 4) is 0 Å². The van der Waals surface area contributed by atoms with Crippen LogP contribution in [0.2, 0.25) is 0 Å². The fraction of sp³-hybridized carbons (Fsp3) is 0.294. The third-order valence-corrected chi connectivity index (χ3v) is 5.54. The Labute approximate surface area is 127 Å². The first-order valence-corrected chi connectivity index (χ1v) is 7.68. The van der Waals surface area contributed by atoms with Crippen LogP contribution in [0.15, 0.2) is 42.5 Å². The van der Waals surface area contributed by atoms with Crippen LogP contribution in [-0.2, 0) is 4.79 Å². The quantitative estimate of drug-likeness (QED) is 0.619. The molecule has 2 aromatic rings. The summed E-state index contributed by atoms with van der Waals surface area (Å²) in [5, 5.41) is 8.14. The SMILES string of the molecule is O=C1NC(=O)[N+]2(c3cccc4ccccc34)C3CNC(C3)C12. The van der Waals surface area contributed by atoms with E-state index < -0.39 is 0 Å². The molecule has 3 aliphatic rings. The zero-order valence-electron chi connectivity index (χ0n) is 12.0. The van der Waals surface area contributed by atoms with Gasteiger partial charge >= 0.3 is 6.03 Å². The van der Waals surface area contributed by atoms with Crippen LogP contribution in [0.4, 0.5) is 10.5 Å². The summed E-state index contributed by atoms with van der Waals surface area (Å²) in [7, 11) is 0. The lowest BCUT2D eigenvalue weighted by Gasteiger charge is -2.38. The van der Waals surface area contributed by atoms with Gasteiger partial charge in [0.15, 0.2) is 11.7 Å². The summed E-state index contributed by atoms with van der Waals surface area (Å²) in [6.45, 7) is 0.783. The number of carbonyl (C=O) groups is 2. The van der Waals surface area contributed by atoms with Gasteiger partial charge in [-0.15, -0.1) is 0 Å². The molecule has 110 valence electrons. The molecule has 4 unspecified atom stereocenters. The van der Waals surface area contributed by atoms with Gasteiger partial charge in [-0.3, -0.25) is 4.79 Å². The molecule has 5 nitrogen and oxygen atoms in total. The summed E-state index contributed by atoms with van der Waals surface area (Å²) in [6.07, 6.45) is 0.882. The van der Waals surface area contributed by atoms with Crippen molar-refractivity contribution in [1.82, 2.24) is 15.1 Å². The average molecular weight is 294 g/mol. The molecule has 3 heterocycles. The van der Waals surface area contributed by atoms with E-state index in [1.807, 2.05) is 30.3 Å². The molecule has 5 heteroatoms. The molecule has 0 saturated carbocycles. The van der Waals surface area contributed by atoms with E-state index in [1.54, 1.807) is 0 Å². The van der Waals surface area contributed by atoms with Crippen molar-refractivity contribution >= 4 is 28.4 Å². The number of urea groups is 1. The third-order valence-electron chi connectivity index (χ3n) is 5.54. The van der Waals surface area contributed by atoms with Gasteiger partial charge in [-0.05, 0) is 11.5 Å². The first-order valence-electron chi connectivity index (χ1n) is 7.68. The smallest absolute Gasteiger partial charge is 0.302 e. The van der Waals surface area contributed by atoms with E-state index in [0.717, 1.165) is 29.4 Å². The van der Waals surface area contributed by atoms with Gasteiger partial charge in [0.2, 0.25) is 0 Å². The minimum absolute atomic E-state index is 0.0930. The van der Waals surface area contributed by atoms with Crippen molar-refractivity contribution in [2.75, 3.05) is 6.54 Å². The van der Waals surface area contributed by atoms with E-state index in [2.05, 4.69) is 22.8 Å². The average Bonchev–Trinajstić information content (AvgIpc) is 3.20. The van der Waals surface area contributed by atoms with E-state index in [4.69, 9.17) is 0 Å². The number of piperazine rings is 1. The monoisotopic (exact) mass is 294 g/mol. The molecule has 3 fully saturated rings. The molecule has 5 rings (SSSR count). The summed E-state index contributed by atoms with van der Waals surface area (Å²) in [5.41, 5.74) is 0.959. The maximum Gasteiger partial charge on any atom is 0.429 e. The highest BCUT2D eigenvalue weighted by Crippen LogP contribution is 2.47. The van der Waals surface area contributed by atoms with Crippen molar-refractivity contribution in [2.24, 2.45) is 0 Å². The first kappa shape index (κ1) is 12.3. The molecular weight excluding hydrogens is 278 g/mol. The number of fused-ring (bicyclic) bond motifs is 6. The summed E-state index contributed by atoms with van der Waals surface area (Å²) >= 11 is 0. The van der Waals surface area contributed by atoms with Gasteiger partial charge in [-0.2, -0.15) is 4.48 Å². The Morgan fingerprint density at radius 1 is 1.05 bits per heavy atom. The molecule has 0 radical (unpaired) electrons. The minimum Gasteiger partial charge on any atom is -0.302 e. The molecule has 0 spiro atoms. The van der Waals surface area contributed by atoms with E-state index in [1.165, 1.54) is 0 Å². The van der Waals surface area contributed by atoms with E-state index in [-0.39, 0.29) is 34.5 Å². The summed E-state index contributed by atoms with van der Waals surface area (Å²) in [6, 6.07) is 13.8. The number of carbonyl (C=O) groups excluding carboxylic acids is 2. The summed E-state index contributed by atoms with van der Waals surface area (Å²) in [5.74, 6) is -0.141. The van der Waals surface area contributed by atoms with E-state index >= 15 is 0 Å². The Bertz CT molecular complexity index is 828. The van der Waals surface area contributed by atoms with Gasteiger partial charge in [-0.1, -0.05) is 30.3 Å². The molecule has 2 bridgehead atoms. The topological polar surface area (TPSA) is 58.2 Å². The molecule has 3 saturated heterocycles. The maximum absolute atomic E-state index is 12.8. The highest BCUT2D eigenvalue weighted by molar-refractivity contribution is 6.15. The second kappa shape index (κ2) is 3.94. The Morgan fingerprint density at radius 2 is 1.86 bits per heavy atom. The number of rotatable bonds is 1. The van der Waals surface area contributed by atoms with Crippen LogP contribution in [0.1, 0.15) is 6.42 Å². The summed E-state index contributed by atoms with van der Waals surface area (Å²) in [4.78, 5) is 25.2. The number of amides is 3. The number of hydrogen-bond donors (Lipinski definition) is 2. The first-order chi connectivity index (χ1) is 10.7. The number of benzene rings is 2. The number of nitrogens with zero attached hydrogens (tertiary/aromatic N) is 1. The van der Waals surface area contributed by atoms with Crippen LogP contribution >= 0.6 is 0 Å². The van der Waals surface area contributed by atoms with Gasteiger partial charge in [0.05, 0.1) is 6.04 Å². The number of nitrogens with one attached hydrogen (secondary N) is 2. The predicted molar refractivity (Wildman–Crippen MR) is 83.3 cm³/mol. The molecule has 22 heavy (non-hydrogen) atoms. The molecule has 4 atom stereocenters. The van der Waals surface area contributed by atoms with Crippen LogP contribution < -0.4 is 15.1 Å². The van der Waals surface area contributed by atoms with Crippen molar-refractivity contribution in [2.45, 2.75) is 24.5 Å². The van der Waals surface area contributed by atoms with Crippen molar-refractivity contribution in [3.05, 3.63) is 42.5 Å². The molecular formula is C17H16N3O2+. The lowest BCUT2D eigenvalue weighted by molar-refractivity contribution is -0.121. The lowest BCUT2D eigenvalue weighted by atomic mass is 10.0. The van der Waals surface area contributed by atoms with Crippen LogP contribution in [0.3, 0.4) is 0 Å². The summed E-state index contributed by atoms with van der Waals surface area (Å²) < 4.78 is 0.151. The normalized spacial score (nSPS) is 35.9. The molecule has 3 amide bonds. The van der Waals surface area contributed by atoms with Gasteiger partial charge in [-0.25, -0.2) is 10.1 Å². The van der Waals surface area contributed by atoms with E-state index in [0.29, 0.717) is 0 Å². The third kappa shape index (κ3) is 1.23. The van der Waals surface area contributed by atoms with E-state index in [9.17, 15) is 9.59 Å². The van der Waals surface area contributed by atoms with Crippen LogP contribution in [0.25, 0.3) is 10.8 Å².